The molecule has 76 valence electrons. The highest BCUT2D eigenvalue weighted by Crippen LogP contribution is 2.21. The number of nitrogens with zero attached hydrogens (tertiary/aromatic N) is 1. The molecule has 0 radical (unpaired) electrons. The van der Waals surface area contributed by atoms with E-state index in [1.54, 1.807) is 12.3 Å². The molecule has 0 saturated heterocycles. The van der Waals surface area contributed by atoms with Crippen LogP contribution in [0, 0.1) is 0 Å². The molecule has 0 saturated carbocycles. The van der Waals surface area contributed by atoms with E-state index in [9.17, 15) is 0 Å². The molecule has 4 heteroatoms. The molecule has 14 heavy (non-hydrogen) atoms. The van der Waals surface area contributed by atoms with Crippen molar-refractivity contribution >= 4 is 23.1 Å². The average Bonchev–Trinajstić information content (AvgIpc) is 2.10. The van der Waals surface area contributed by atoms with Crippen LogP contribution in [0.1, 0.15) is 13.3 Å². The van der Waals surface area contributed by atoms with Gasteiger partial charge in [-0.1, -0.05) is 17.7 Å². The Kier molecular flexibility index (Phi) is 3.77. The lowest BCUT2D eigenvalue weighted by atomic mass is 10.2. The number of halogens is 1. The molecule has 0 spiro atoms. The maximum atomic E-state index is 5.94. The van der Waals surface area contributed by atoms with Crippen molar-refractivity contribution in [2.75, 3.05) is 11.1 Å². The third-order valence-electron chi connectivity index (χ3n) is 1.77. The monoisotopic (exact) mass is 211 g/mol. The summed E-state index contributed by atoms with van der Waals surface area (Å²) >= 11 is 5.94. The number of nitrogens with one attached hydrogen (secondary N) is 1. The Hall–Kier alpha value is -1.22. The van der Waals surface area contributed by atoms with Crippen LogP contribution in [-0.4, -0.2) is 11.0 Å². The molecule has 1 aromatic heterocycles. The van der Waals surface area contributed by atoms with E-state index in [0.717, 1.165) is 6.42 Å². The summed E-state index contributed by atoms with van der Waals surface area (Å²) in [5.41, 5.74) is 6.09. The second-order valence-corrected chi connectivity index (χ2v) is 3.58. The van der Waals surface area contributed by atoms with Crippen LogP contribution < -0.4 is 11.1 Å². The van der Waals surface area contributed by atoms with Gasteiger partial charge in [0, 0.05) is 6.04 Å². The molecule has 1 unspecified atom stereocenters. The molecule has 0 aliphatic heterocycles. The van der Waals surface area contributed by atoms with Gasteiger partial charge >= 0.3 is 0 Å². The number of hydrogen-bond acceptors (Lipinski definition) is 3. The van der Waals surface area contributed by atoms with Gasteiger partial charge in [0.25, 0.3) is 0 Å². The zero-order valence-electron chi connectivity index (χ0n) is 8.13. The van der Waals surface area contributed by atoms with Crippen LogP contribution in [0.3, 0.4) is 0 Å². The number of nitrogen functional groups attached to an aromatic ring is 1. The summed E-state index contributed by atoms with van der Waals surface area (Å²) in [6.07, 6.45) is 4.29. The van der Waals surface area contributed by atoms with Gasteiger partial charge in [0.2, 0.25) is 0 Å². The SMILES string of the molecule is C=CCC(C)Nc1ncc(N)cc1Cl. The van der Waals surface area contributed by atoms with Gasteiger partial charge in [-0.2, -0.15) is 0 Å². The highest BCUT2D eigenvalue weighted by atomic mass is 35.5. The topological polar surface area (TPSA) is 50.9 Å². The molecule has 1 rings (SSSR count). The predicted molar refractivity (Wildman–Crippen MR) is 61.6 cm³/mol. The molecule has 0 bridgehead atoms. The molecule has 1 aromatic rings. The van der Waals surface area contributed by atoms with Gasteiger partial charge < -0.3 is 11.1 Å². The van der Waals surface area contributed by atoms with E-state index in [1.807, 2.05) is 13.0 Å². The first-order valence-corrected chi connectivity index (χ1v) is 4.79. The minimum Gasteiger partial charge on any atom is -0.397 e. The zero-order valence-corrected chi connectivity index (χ0v) is 8.88. The number of rotatable bonds is 4. The maximum absolute atomic E-state index is 5.94. The fourth-order valence-electron chi connectivity index (χ4n) is 1.10. The van der Waals surface area contributed by atoms with E-state index in [0.29, 0.717) is 16.5 Å². The molecule has 0 aliphatic carbocycles. The summed E-state index contributed by atoms with van der Waals surface area (Å²) in [6, 6.07) is 1.94. The number of nitrogens with two attached hydrogens (primary N) is 1. The van der Waals surface area contributed by atoms with Crippen LogP contribution in [0.2, 0.25) is 5.02 Å². The Morgan fingerprint density at radius 1 is 1.79 bits per heavy atom. The maximum Gasteiger partial charge on any atom is 0.145 e. The van der Waals surface area contributed by atoms with Crippen molar-refractivity contribution in [2.45, 2.75) is 19.4 Å². The summed E-state index contributed by atoms with van der Waals surface area (Å²) < 4.78 is 0. The molecule has 1 heterocycles. The van der Waals surface area contributed by atoms with Crippen LogP contribution in [0.5, 0.6) is 0 Å². The Morgan fingerprint density at radius 3 is 3.07 bits per heavy atom. The Morgan fingerprint density at radius 2 is 2.50 bits per heavy atom. The van der Waals surface area contributed by atoms with Crippen LogP contribution in [0.15, 0.2) is 24.9 Å². The van der Waals surface area contributed by atoms with Crippen molar-refractivity contribution in [2.24, 2.45) is 0 Å². The van der Waals surface area contributed by atoms with E-state index in [1.165, 1.54) is 0 Å². The van der Waals surface area contributed by atoms with Crippen LogP contribution in [-0.2, 0) is 0 Å². The lowest BCUT2D eigenvalue weighted by Crippen LogP contribution is -2.15. The minimum atomic E-state index is 0.265. The van der Waals surface area contributed by atoms with Crippen molar-refractivity contribution in [3.63, 3.8) is 0 Å². The fourth-order valence-corrected chi connectivity index (χ4v) is 1.33. The van der Waals surface area contributed by atoms with Gasteiger partial charge in [-0.25, -0.2) is 4.98 Å². The van der Waals surface area contributed by atoms with Gasteiger partial charge in [-0.05, 0) is 19.4 Å². The summed E-state index contributed by atoms with van der Waals surface area (Å²) in [6.45, 7) is 5.70. The van der Waals surface area contributed by atoms with Crippen molar-refractivity contribution in [1.82, 2.24) is 4.98 Å². The zero-order chi connectivity index (χ0) is 10.6. The fraction of sp³-hybridized carbons (Fsp3) is 0.300. The molecule has 3 N–H and O–H groups in total. The second kappa shape index (κ2) is 4.86. The first-order chi connectivity index (χ1) is 6.63. The van der Waals surface area contributed by atoms with E-state index in [2.05, 4.69) is 16.9 Å². The first kappa shape index (κ1) is 10.9. The molecular formula is C10H14ClN3. The van der Waals surface area contributed by atoms with E-state index in [4.69, 9.17) is 17.3 Å². The normalized spacial score (nSPS) is 12.1. The van der Waals surface area contributed by atoms with Crippen molar-refractivity contribution < 1.29 is 0 Å². The van der Waals surface area contributed by atoms with Crippen molar-refractivity contribution in [3.8, 4) is 0 Å². The van der Waals surface area contributed by atoms with Gasteiger partial charge in [0.1, 0.15) is 5.82 Å². The summed E-state index contributed by atoms with van der Waals surface area (Å²) in [5, 5.41) is 3.71. The smallest absolute Gasteiger partial charge is 0.145 e. The number of pyridine rings is 1. The minimum absolute atomic E-state index is 0.265. The molecule has 3 nitrogen and oxygen atoms in total. The van der Waals surface area contributed by atoms with E-state index < -0.39 is 0 Å². The largest absolute Gasteiger partial charge is 0.397 e. The van der Waals surface area contributed by atoms with Gasteiger partial charge in [0.15, 0.2) is 0 Å². The number of aromatic nitrogens is 1. The Balaban J connectivity index is 2.71. The lowest BCUT2D eigenvalue weighted by Gasteiger charge is -2.13. The lowest BCUT2D eigenvalue weighted by molar-refractivity contribution is 0.808. The van der Waals surface area contributed by atoms with E-state index >= 15 is 0 Å². The molecule has 0 aromatic carbocycles. The summed E-state index contributed by atoms with van der Waals surface area (Å²) in [4.78, 5) is 4.10. The van der Waals surface area contributed by atoms with Gasteiger partial charge in [-0.3, -0.25) is 0 Å². The van der Waals surface area contributed by atoms with Gasteiger partial charge in [-0.15, -0.1) is 6.58 Å². The Labute approximate surface area is 89.0 Å². The highest BCUT2D eigenvalue weighted by Gasteiger charge is 2.05. The second-order valence-electron chi connectivity index (χ2n) is 3.17. The average molecular weight is 212 g/mol. The van der Waals surface area contributed by atoms with Crippen molar-refractivity contribution in [3.05, 3.63) is 29.9 Å². The Bertz CT molecular complexity index is 325. The van der Waals surface area contributed by atoms with Crippen LogP contribution in [0.25, 0.3) is 0 Å². The third kappa shape index (κ3) is 2.92. The highest BCUT2D eigenvalue weighted by molar-refractivity contribution is 6.33. The van der Waals surface area contributed by atoms with Crippen LogP contribution >= 0.6 is 11.6 Å². The van der Waals surface area contributed by atoms with E-state index in [-0.39, 0.29) is 6.04 Å². The molecule has 1 atom stereocenters. The predicted octanol–water partition coefficient (Wildman–Crippen LogP) is 2.69. The van der Waals surface area contributed by atoms with Gasteiger partial charge in [0.05, 0.1) is 16.9 Å². The standard InChI is InChI=1S/C10H14ClN3/c1-3-4-7(2)14-10-9(11)5-8(12)6-13-10/h3,5-7H,1,4,12H2,2H3,(H,13,14). The number of anilines is 2. The summed E-state index contributed by atoms with van der Waals surface area (Å²) in [5.74, 6) is 0.662. The first-order valence-electron chi connectivity index (χ1n) is 4.42. The molecule has 0 amide bonds. The van der Waals surface area contributed by atoms with Crippen LogP contribution in [0.4, 0.5) is 11.5 Å². The molecule has 0 fully saturated rings. The quantitative estimate of drug-likeness (QED) is 0.753. The summed E-state index contributed by atoms with van der Waals surface area (Å²) in [7, 11) is 0. The molecule has 0 aliphatic rings. The number of hydrogen-bond donors (Lipinski definition) is 2. The molecular weight excluding hydrogens is 198 g/mol. The third-order valence-corrected chi connectivity index (χ3v) is 2.05. The van der Waals surface area contributed by atoms with Crippen molar-refractivity contribution in [1.29, 1.82) is 0 Å².